The average molecular weight is 198 g/mol. The van der Waals surface area contributed by atoms with Crippen molar-refractivity contribution in [2.24, 2.45) is 5.92 Å². The standard InChI is InChI=1S/C10H14O2S/c1-2-3-9(10(11)12)6-8-4-5-13-7-8/h4-5,7,9H,2-3,6H2,1H3,(H,11,12)/t9-/m0/s1. The van der Waals surface area contributed by atoms with Gasteiger partial charge in [0.1, 0.15) is 0 Å². The Morgan fingerprint density at radius 2 is 2.46 bits per heavy atom. The Balaban J connectivity index is 2.52. The van der Waals surface area contributed by atoms with E-state index < -0.39 is 5.97 Å². The van der Waals surface area contributed by atoms with E-state index >= 15 is 0 Å². The van der Waals surface area contributed by atoms with Crippen LogP contribution in [0.4, 0.5) is 0 Å². The van der Waals surface area contributed by atoms with Gasteiger partial charge in [0, 0.05) is 0 Å². The summed E-state index contributed by atoms with van der Waals surface area (Å²) in [6, 6.07) is 2.00. The van der Waals surface area contributed by atoms with E-state index in [1.165, 1.54) is 0 Å². The molecule has 1 aromatic heterocycles. The van der Waals surface area contributed by atoms with E-state index in [-0.39, 0.29) is 5.92 Å². The van der Waals surface area contributed by atoms with Gasteiger partial charge in [-0.1, -0.05) is 13.3 Å². The minimum atomic E-state index is -0.673. The molecule has 0 amide bonds. The van der Waals surface area contributed by atoms with Crippen molar-refractivity contribution in [3.63, 3.8) is 0 Å². The highest BCUT2D eigenvalue weighted by molar-refractivity contribution is 7.07. The van der Waals surface area contributed by atoms with E-state index in [0.717, 1.165) is 18.4 Å². The molecule has 0 saturated heterocycles. The average Bonchev–Trinajstić information content (AvgIpc) is 2.56. The van der Waals surface area contributed by atoms with E-state index in [0.29, 0.717) is 6.42 Å². The molecule has 0 aliphatic heterocycles. The number of carboxylic acids is 1. The van der Waals surface area contributed by atoms with Crippen LogP contribution in [0.3, 0.4) is 0 Å². The van der Waals surface area contributed by atoms with Crippen LogP contribution in [-0.2, 0) is 11.2 Å². The molecule has 0 spiro atoms. The Labute approximate surface area is 82.2 Å². The predicted octanol–water partition coefficient (Wildman–Crippen LogP) is 2.79. The first-order chi connectivity index (χ1) is 6.24. The molecule has 13 heavy (non-hydrogen) atoms. The maximum atomic E-state index is 10.8. The summed E-state index contributed by atoms with van der Waals surface area (Å²) in [6.07, 6.45) is 2.37. The van der Waals surface area contributed by atoms with Crippen molar-refractivity contribution < 1.29 is 9.90 Å². The summed E-state index contributed by atoms with van der Waals surface area (Å²) in [5.74, 6) is -0.882. The topological polar surface area (TPSA) is 37.3 Å². The van der Waals surface area contributed by atoms with Gasteiger partial charge in [0.25, 0.3) is 0 Å². The second-order valence-corrected chi connectivity index (χ2v) is 3.94. The summed E-state index contributed by atoms with van der Waals surface area (Å²) < 4.78 is 0. The molecule has 0 unspecified atom stereocenters. The molecule has 0 aliphatic rings. The lowest BCUT2D eigenvalue weighted by atomic mass is 9.97. The number of thiophene rings is 1. The van der Waals surface area contributed by atoms with Gasteiger partial charge in [0.05, 0.1) is 5.92 Å². The molecule has 1 heterocycles. The first kappa shape index (κ1) is 10.3. The summed E-state index contributed by atoms with van der Waals surface area (Å²) in [5, 5.41) is 12.9. The summed E-state index contributed by atoms with van der Waals surface area (Å²) in [7, 11) is 0. The first-order valence-corrected chi connectivity index (χ1v) is 5.42. The zero-order valence-corrected chi connectivity index (χ0v) is 8.51. The van der Waals surface area contributed by atoms with Crippen LogP contribution in [0.2, 0.25) is 0 Å². The molecule has 2 nitrogen and oxygen atoms in total. The molecule has 1 rings (SSSR count). The summed E-state index contributed by atoms with van der Waals surface area (Å²) >= 11 is 1.62. The molecule has 1 N–H and O–H groups in total. The van der Waals surface area contributed by atoms with Crippen LogP contribution in [0, 0.1) is 5.92 Å². The van der Waals surface area contributed by atoms with E-state index in [4.69, 9.17) is 5.11 Å². The highest BCUT2D eigenvalue weighted by Crippen LogP contribution is 2.16. The lowest BCUT2D eigenvalue weighted by molar-refractivity contribution is -0.141. The zero-order chi connectivity index (χ0) is 9.68. The molecule has 3 heteroatoms. The van der Waals surface area contributed by atoms with Crippen molar-refractivity contribution in [2.75, 3.05) is 0 Å². The van der Waals surface area contributed by atoms with Crippen molar-refractivity contribution in [3.8, 4) is 0 Å². The van der Waals surface area contributed by atoms with Crippen molar-refractivity contribution in [1.29, 1.82) is 0 Å². The Kier molecular flexibility index (Phi) is 3.96. The summed E-state index contributed by atoms with van der Waals surface area (Å²) in [4.78, 5) is 10.8. The fourth-order valence-corrected chi connectivity index (χ4v) is 2.04. The van der Waals surface area contributed by atoms with Gasteiger partial charge in [-0.2, -0.15) is 11.3 Å². The minimum absolute atomic E-state index is 0.209. The van der Waals surface area contributed by atoms with Gasteiger partial charge in [-0.3, -0.25) is 4.79 Å². The number of hydrogen-bond donors (Lipinski definition) is 1. The van der Waals surface area contributed by atoms with E-state index in [9.17, 15) is 4.79 Å². The smallest absolute Gasteiger partial charge is 0.306 e. The second kappa shape index (κ2) is 5.02. The van der Waals surface area contributed by atoms with Crippen molar-refractivity contribution in [3.05, 3.63) is 22.4 Å². The third-order valence-electron chi connectivity index (χ3n) is 2.05. The molecular weight excluding hydrogens is 184 g/mol. The second-order valence-electron chi connectivity index (χ2n) is 3.16. The third-order valence-corrected chi connectivity index (χ3v) is 2.78. The van der Waals surface area contributed by atoms with Crippen LogP contribution in [-0.4, -0.2) is 11.1 Å². The number of rotatable bonds is 5. The van der Waals surface area contributed by atoms with Crippen molar-refractivity contribution in [2.45, 2.75) is 26.2 Å². The third kappa shape index (κ3) is 3.19. The first-order valence-electron chi connectivity index (χ1n) is 4.48. The molecule has 0 bridgehead atoms. The maximum absolute atomic E-state index is 10.8. The Morgan fingerprint density at radius 3 is 2.92 bits per heavy atom. The molecule has 0 saturated carbocycles. The number of hydrogen-bond acceptors (Lipinski definition) is 2. The van der Waals surface area contributed by atoms with Crippen LogP contribution in [0.1, 0.15) is 25.3 Å². The number of aliphatic carboxylic acids is 1. The fraction of sp³-hybridized carbons (Fsp3) is 0.500. The van der Waals surface area contributed by atoms with Gasteiger partial charge in [0.2, 0.25) is 0 Å². The van der Waals surface area contributed by atoms with E-state index in [1.54, 1.807) is 11.3 Å². The molecule has 1 aromatic rings. The monoisotopic (exact) mass is 198 g/mol. The molecule has 72 valence electrons. The largest absolute Gasteiger partial charge is 0.481 e. The Bertz CT molecular complexity index is 254. The van der Waals surface area contributed by atoms with Crippen molar-refractivity contribution in [1.82, 2.24) is 0 Å². The van der Waals surface area contributed by atoms with Gasteiger partial charge < -0.3 is 5.11 Å². The molecule has 0 aliphatic carbocycles. The van der Waals surface area contributed by atoms with Crippen molar-refractivity contribution >= 4 is 17.3 Å². The Morgan fingerprint density at radius 1 is 1.69 bits per heavy atom. The van der Waals surface area contributed by atoms with Gasteiger partial charge in [0.15, 0.2) is 0 Å². The summed E-state index contributed by atoms with van der Waals surface area (Å²) in [6.45, 7) is 2.02. The normalized spacial score (nSPS) is 12.7. The molecule has 0 fully saturated rings. The van der Waals surface area contributed by atoms with Gasteiger partial charge in [-0.15, -0.1) is 0 Å². The molecule has 0 radical (unpaired) electrons. The molecule has 1 atom stereocenters. The highest BCUT2D eigenvalue weighted by Gasteiger charge is 2.16. The number of carboxylic acid groups (broad SMARTS) is 1. The molecule has 0 aromatic carbocycles. The minimum Gasteiger partial charge on any atom is -0.481 e. The van der Waals surface area contributed by atoms with Gasteiger partial charge >= 0.3 is 5.97 Å². The SMILES string of the molecule is CCC[C@@H](Cc1ccsc1)C(=O)O. The molecular formula is C10H14O2S. The highest BCUT2D eigenvalue weighted by atomic mass is 32.1. The van der Waals surface area contributed by atoms with Gasteiger partial charge in [-0.05, 0) is 35.2 Å². The van der Waals surface area contributed by atoms with Crippen LogP contribution in [0.15, 0.2) is 16.8 Å². The predicted molar refractivity (Wildman–Crippen MR) is 54.1 cm³/mol. The van der Waals surface area contributed by atoms with Crippen LogP contribution in [0.25, 0.3) is 0 Å². The Hall–Kier alpha value is -0.830. The summed E-state index contributed by atoms with van der Waals surface area (Å²) in [5.41, 5.74) is 1.14. The fourth-order valence-electron chi connectivity index (χ4n) is 1.35. The zero-order valence-electron chi connectivity index (χ0n) is 7.69. The maximum Gasteiger partial charge on any atom is 0.306 e. The lowest BCUT2D eigenvalue weighted by Crippen LogP contribution is -2.15. The van der Waals surface area contributed by atoms with Crippen LogP contribution >= 0.6 is 11.3 Å². The van der Waals surface area contributed by atoms with E-state index in [1.807, 2.05) is 23.8 Å². The quantitative estimate of drug-likeness (QED) is 0.790. The lowest BCUT2D eigenvalue weighted by Gasteiger charge is -2.08. The van der Waals surface area contributed by atoms with E-state index in [2.05, 4.69) is 0 Å². The number of carbonyl (C=O) groups is 1. The van der Waals surface area contributed by atoms with Crippen LogP contribution in [0.5, 0.6) is 0 Å². The van der Waals surface area contributed by atoms with Crippen LogP contribution < -0.4 is 0 Å². The van der Waals surface area contributed by atoms with Gasteiger partial charge in [-0.25, -0.2) is 0 Å².